The van der Waals surface area contributed by atoms with E-state index >= 15 is 0 Å². The number of fused-ring (bicyclic) bond motifs is 1. The number of thiophene rings is 1. The van der Waals surface area contributed by atoms with Crippen molar-refractivity contribution in [3.8, 4) is 0 Å². The SMILES string of the molecule is COC(C)(C)CNC(=O)c1cc2cc(N)ccc2s1. The summed E-state index contributed by atoms with van der Waals surface area (Å²) in [5.74, 6) is -0.0788. The maximum atomic E-state index is 12.1. The monoisotopic (exact) mass is 278 g/mol. The molecule has 0 aliphatic carbocycles. The van der Waals surface area contributed by atoms with Gasteiger partial charge in [0.2, 0.25) is 0 Å². The molecule has 0 atom stereocenters. The van der Waals surface area contributed by atoms with Crippen LogP contribution >= 0.6 is 11.3 Å². The Balaban J connectivity index is 2.13. The first-order chi connectivity index (χ1) is 8.91. The largest absolute Gasteiger partial charge is 0.399 e. The van der Waals surface area contributed by atoms with E-state index in [1.165, 1.54) is 11.3 Å². The maximum absolute atomic E-state index is 12.1. The third-order valence-corrected chi connectivity index (χ3v) is 4.11. The Kier molecular flexibility index (Phi) is 3.78. The number of rotatable bonds is 4. The van der Waals surface area contributed by atoms with E-state index in [9.17, 15) is 4.79 Å². The Hall–Kier alpha value is -1.59. The summed E-state index contributed by atoms with van der Waals surface area (Å²) in [4.78, 5) is 12.8. The van der Waals surface area contributed by atoms with Gasteiger partial charge in [-0.25, -0.2) is 0 Å². The van der Waals surface area contributed by atoms with Crippen LogP contribution in [0, 0.1) is 0 Å². The first-order valence-electron chi connectivity index (χ1n) is 6.04. The first-order valence-corrected chi connectivity index (χ1v) is 6.85. The number of benzene rings is 1. The highest BCUT2D eigenvalue weighted by Gasteiger charge is 2.18. The van der Waals surface area contributed by atoms with Crippen molar-refractivity contribution in [2.45, 2.75) is 19.4 Å². The van der Waals surface area contributed by atoms with Gasteiger partial charge >= 0.3 is 0 Å². The zero-order valence-corrected chi connectivity index (χ0v) is 12.1. The molecule has 1 heterocycles. The van der Waals surface area contributed by atoms with Crippen LogP contribution in [0.5, 0.6) is 0 Å². The lowest BCUT2D eigenvalue weighted by Crippen LogP contribution is -2.39. The van der Waals surface area contributed by atoms with Crippen molar-refractivity contribution in [2.75, 3.05) is 19.4 Å². The number of anilines is 1. The van der Waals surface area contributed by atoms with Crippen LogP contribution in [0.3, 0.4) is 0 Å². The second kappa shape index (κ2) is 5.19. The third-order valence-electron chi connectivity index (χ3n) is 2.99. The lowest BCUT2D eigenvalue weighted by atomic mass is 10.1. The Morgan fingerprint density at radius 3 is 2.84 bits per heavy atom. The van der Waals surface area contributed by atoms with E-state index in [1.54, 1.807) is 7.11 Å². The number of nitrogen functional groups attached to an aromatic ring is 1. The van der Waals surface area contributed by atoms with Gasteiger partial charge in [-0.1, -0.05) is 0 Å². The molecule has 102 valence electrons. The molecule has 1 aromatic carbocycles. The summed E-state index contributed by atoms with van der Waals surface area (Å²) in [7, 11) is 1.63. The fourth-order valence-corrected chi connectivity index (χ4v) is 2.59. The molecule has 0 spiro atoms. The van der Waals surface area contributed by atoms with Gasteiger partial charge in [0, 0.05) is 24.0 Å². The predicted octanol–water partition coefficient (Wildman–Crippen LogP) is 2.64. The highest BCUT2D eigenvalue weighted by atomic mass is 32.1. The highest BCUT2D eigenvalue weighted by Crippen LogP contribution is 2.27. The van der Waals surface area contributed by atoms with Gasteiger partial charge in [-0.15, -0.1) is 11.3 Å². The molecular weight excluding hydrogens is 260 g/mol. The molecule has 3 N–H and O–H groups in total. The summed E-state index contributed by atoms with van der Waals surface area (Å²) >= 11 is 1.46. The van der Waals surface area contributed by atoms with Crippen LogP contribution in [0.15, 0.2) is 24.3 Å². The molecule has 5 heteroatoms. The lowest BCUT2D eigenvalue weighted by Gasteiger charge is -2.22. The topological polar surface area (TPSA) is 64.3 Å². The molecule has 0 aliphatic rings. The average Bonchev–Trinajstić information content (AvgIpc) is 2.79. The fraction of sp³-hybridized carbons (Fsp3) is 0.357. The molecule has 19 heavy (non-hydrogen) atoms. The van der Waals surface area contributed by atoms with Crippen LogP contribution in [-0.2, 0) is 4.74 Å². The van der Waals surface area contributed by atoms with E-state index in [-0.39, 0.29) is 11.5 Å². The molecule has 0 unspecified atom stereocenters. The van der Waals surface area contributed by atoms with Crippen molar-refractivity contribution in [2.24, 2.45) is 0 Å². The van der Waals surface area contributed by atoms with Crippen LogP contribution in [0.2, 0.25) is 0 Å². The Bertz CT molecular complexity index is 605. The molecule has 0 radical (unpaired) electrons. The molecule has 1 amide bonds. The smallest absolute Gasteiger partial charge is 0.261 e. The molecular formula is C14H18N2O2S. The molecule has 0 fully saturated rings. The zero-order valence-electron chi connectivity index (χ0n) is 11.3. The van der Waals surface area contributed by atoms with Crippen LogP contribution in [-0.4, -0.2) is 25.2 Å². The fourth-order valence-electron chi connectivity index (χ4n) is 1.63. The van der Waals surface area contributed by atoms with Crippen molar-refractivity contribution >= 4 is 33.0 Å². The standard InChI is InChI=1S/C14H18N2O2S/c1-14(2,18-3)8-16-13(17)12-7-9-6-10(15)4-5-11(9)19-12/h4-7H,8,15H2,1-3H3,(H,16,17). The number of carbonyl (C=O) groups is 1. The number of hydrogen-bond donors (Lipinski definition) is 2. The molecule has 2 rings (SSSR count). The minimum Gasteiger partial charge on any atom is -0.399 e. The van der Waals surface area contributed by atoms with E-state index in [2.05, 4.69) is 5.32 Å². The molecule has 0 saturated heterocycles. The van der Waals surface area contributed by atoms with E-state index in [1.807, 2.05) is 38.1 Å². The quantitative estimate of drug-likeness (QED) is 0.845. The van der Waals surface area contributed by atoms with Gasteiger partial charge in [0.1, 0.15) is 0 Å². The summed E-state index contributed by atoms with van der Waals surface area (Å²) in [5, 5.41) is 3.88. The first kappa shape index (κ1) is 13.8. The van der Waals surface area contributed by atoms with Crippen LogP contribution in [0.25, 0.3) is 10.1 Å². The Morgan fingerprint density at radius 2 is 2.16 bits per heavy atom. The number of nitrogens with one attached hydrogen (secondary N) is 1. The highest BCUT2D eigenvalue weighted by molar-refractivity contribution is 7.20. The zero-order chi connectivity index (χ0) is 14.0. The van der Waals surface area contributed by atoms with Gasteiger partial charge in [-0.2, -0.15) is 0 Å². The second-order valence-electron chi connectivity index (χ2n) is 5.05. The molecule has 0 aliphatic heterocycles. The van der Waals surface area contributed by atoms with Crippen molar-refractivity contribution in [1.82, 2.24) is 5.32 Å². The van der Waals surface area contributed by atoms with Gasteiger partial charge in [-0.05, 0) is 43.5 Å². The van der Waals surface area contributed by atoms with Crippen LogP contribution in [0.4, 0.5) is 5.69 Å². The summed E-state index contributed by atoms with van der Waals surface area (Å²) in [6, 6.07) is 7.52. The van der Waals surface area contributed by atoms with Gasteiger partial charge in [-0.3, -0.25) is 4.79 Å². The van der Waals surface area contributed by atoms with Crippen LogP contribution < -0.4 is 11.1 Å². The number of amides is 1. The number of nitrogens with two attached hydrogens (primary N) is 1. The lowest BCUT2D eigenvalue weighted by molar-refractivity contribution is 0.0229. The average molecular weight is 278 g/mol. The normalized spacial score (nSPS) is 11.7. The summed E-state index contributed by atoms with van der Waals surface area (Å²) in [6.07, 6.45) is 0. The summed E-state index contributed by atoms with van der Waals surface area (Å²) < 4.78 is 6.33. The van der Waals surface area contributed by atoms with Gasteiger partial charge in [0.15, 0.2) is 0 Å². The molecule has 0 bridgehead atoms. The molecule has 4 nitrogen and oxygen atoms in total. The van der Waals surface area contributed by atoms with E-state index in [4.69, 9.17) is 10.5 Å². The molecule has 2 aromatic rings. The summed E-state index contributed by atoms with van der Waals surface area (Å²) in [6.45, 7) is 4.33. The predicted molar refractivity (Wildman–Crippen MR) is 79.7 cm³/mol. The van der Waals surface area contributed by atoms with E-state index in [0.29, 0.717) is 17.1 Å². The van der Waals surface area contributed by atoms with Crippen LogP contribution in [0.1, 0.15) is 23.5 Å². The third kappa shape index (κ3) is 3.24. The van der Waals surface area contributed by atoms with Crippen molar-refractivity contribution < 1.29 is 9.53 Å². The number of ether oxygens (including phenoxy) is 1. The Morgan fingerprint density at radius 1 is 1.42 bits per heavy atom. The number of carbonyl (C=O) groups excluding carboxylic acids is 1. The van der Waals surface area contributed by atoms with E-state index in [0.717, 1.165) is 10.1 Å². The van der Waals surface area contributed by atoms with Gasteiger partial charge < -0.3 is 15.8 Å². The molecule has 0 saturated carbocycles. The number of methoxy groups -OCH3 is 1. The van der Waals surface area contributed by atoms with Gasteiger partial charge in [0.25, 0.3) is 5.91 Å². The Labute approximate surface area is 116 Å². The number of hydrogen-bond acceptors (Lipinski definition) is 4. The van der Waals surface area contributed by atoms with Crippen molar-refractivity contribution in [3.05, 3.63) is 29.1 Å². The molecule has 1 aromatic heterocycles. The second-order valence-corrected chi connectivity index (χ2v) is 6.14. The minimum atomic E-state index is -0.364. The minimum absolute atomic E-state index is 0.0788. The van der Waals surface area contributed by atoms with Crippen molar-refractivity contribution in [3.63, 3.8) is 0 Å². The summed E-state index contributed by atoms with van der Waals surface area (Å²) in [5.41, 5.74) is 6.07. The van der Waals surface area contributed by atoms with E-state index < -0.39 is 0 Å². The van der Waals surface area contributed by atoms with Gasteiger partial charge in [0.05, 0.1) is 10.5 Å². The van der Waals surface area contributed by atoms with Crippen molar-refractivity contribution in [1.29, 1.82) is 0 Å². The maximum Gasteiger partial charge on any atom is 0.261 e.